The van der Waals surface area contributed by atoms with Gasteiger partial charge in [0.15, 0.2) is 5.76 Å². The number of anilines is 1. The van der Waals surface area contributed by atoms with E-state index in [1.54, 1.807) is 27.0 Å². The van der Waals surface area contributed by atoms with Gasteiger partial charge in [-0.25, -0.2) is 4.98 Å². The lowest BCUT2D eigenvalue weighted by molar-refractivity contribution is 0.0545. The number of oxazole rings is 1. The monoisotopic (exact) mass is 400 g/mol. The van der Waals surface area contributed by atoms with Gasteiger partial charge in [0.25, 0.3) is 11.9 Å². The van der Waals surface area contributed by atoms with E-state index in [2.05, 4.69) is 15.3 Å². The third kappa shape index (κ3) is 3.84. The molecule has 0 spiro atoms. The van der Waals surface area contributed by atoms with Gasteiger partial charge in [-0.2, -0.15) is 0 Å². The minimum absolute atomic E-state index is 0.0286. The molecule has 0 unspecified atom stereocenters. The van der Waals surface area contributed by atoms with Gasteiger partial charge in [0.1, 0.15) is 11.3 Å². The van der Waals surface area contributed by atoms with Gasteiger partial charge in [-0.3, -0.25) is 4.79 Å². The number of hydrogen-bond acceptors (Lipinski definition) is 5. The van der Waals surface area contributed by atoms with Crippen molar-refractivity contribution in [2.24, 2.45) is 0 Å². The number of halogens is 2. The van der Waals surface area contributed by atoms with Crippen LogP contribution in [0.4, 0.5) is 6.01 Å². The molecule has 0 saturated carbocycles. The van der Waals surface area contributed by atoms with Crippen LogP contribution in [-0.4, -0.2) is 40.1 Å². The normalized spacial score (nSPS) is 16.2. The van der Waals surface area contributed by atoms with Crippen molar-refractivity contribution in [1.29, 1.82) is 0 Å². The van der Waals surface area contributed by atoms with Crippen molar-refractivity contribution in [2.75, 3.05) is 18.0 Å². The molecule has 0 radical (unpaired) electrons. The van der Waals surface area contributed by atoms with Crippen LogP contribution in [0.3, 0.4) is 0 Å². The van der Waals surface area contributed by atoms with Crippen molar-refractivity contribution in [1.82, 2.24) is 15.3 Å². The first-order valence-electron chi connectivity index (χ1n) is 8.45. The Morgan fingerprint density at radius 1 is 1.38 bits per heavy atom. The molecule has 0 atom stereocenters. The molecular formula is C17H22Cl2N4O3. The van der Waals surface area contributed by atoms with Crippen LogP contribution < -0.4 is 10.2 Å². The van der Waals surface area contributed by atoms with Gasteiger partial charge in [0.2, 0.25) is 0 Å². The number of amides is 1. The van der Waals surface area contributed by atoms with Crippen molar-refractivity contribution in [2.45, 2.75) is 45.3 Å². The van der Waals surface area contributed by atoms with E-state index in [0.717, 1.165) is 12.8 Å². The summed E-state index contributed by atoms with van der Waals surface area (Å²) in [4.78, 5) is 21.6. The van der Waals surface area contributed by atoms with Gasteiger partial charge in [-0.05, 0) is 33.6 Å². The zero-order valence-corrected chi connectivity index (χ0v) is 16.4. The van der Waals surface area contributed by atoms with Crippen molar-refractivity contribution in [3.63, 3.8) is 0 Å². The third-order valence-electron chi connectivity index (χ3n) is 4.48. The molecule has 2 aromatic heterocycles. The van der Waals surface area contributed by atoms with Crippen LogP contribution in [0.25, 0.3) is 0 Å². The molecule has 0 bridgehead atoms. The molecule has 1 amide bonds. The van der Waals surface area contributed by atoms with E-state index < -0.39 is 5.60 Å². The topological polar surface area (TPSA) is 94.4 Å². The number of rotatable bonds is 4. The van der Waals surface area contributed by atoms with Crippen LogP contribution in [-0.2, 0) is 5.60 Å². The largest absolute Gasteiger partial charge is 0.426 e. The maximum atomic E-state index is 12.4. The van der Waals surface area contributed by atoms with E-state index in [9.17, 15) is 9.90 Å². The molecule has 1 aliphatic heterocycles. The molecule has 3 N–H and O–H groups in total. The smallest absolute Gasteiger partial charge is 0.297 e. The number of carbonyl (C=O) groups is 1. The number of aromatic nitrogens is 2. The maximum absolute atomic E-state index is 12.4. The average molecular weight is 401 g/mol. The lowest BCUT2D eigenvalue weighted by Gasteiger charge is -2.31. The summed E-state index contributed by atoms with van der Waals surface area (Å²) in [5.41, 5.74) is -0.103. The molecule has 9 heteroatoms. The summed E-state index contributed by atoms with van der Waals surface area (Å²) in [6.45, 7) is 6.45. The fraction of sp³-hybridized carbons (Fsp3) is 0.529. The minimum atomic E-state index is -1.06. The van der Waals surface area contributed by atoms with Gasteiger partial charge in [0.05, 0.1) is 16.2 Å². The Hall–Kier alpha value is -1.70. The molecule has 3 heterocycles. The number of piperidine rings is 1. The van der Waals surface area contributed by atoms with Crippen LogP contribution in [0.15, 0.2) is 10.6 Å². The summed E-state index contributed by atoms with van der Waals surface area (Å²) in [7, 11) is 0. The average Bonchev–Trinajstić information content (AvgIpc) is 3.17. The van der Waals surface area contributed by atoms with Crippen molar-refractivity contribution in [3.8, 4) is 0 Å². The molecule has 2 aromatic rings. The minimum Gasteiger partial charge on any atom is -0.426 e. The van der Waals surface area contributed by atoms with E-state index in [4.69, 9.17) is 27.6 Å². The molecule has 142 valence electrons. The van der Waals surface area contributed by atoms with E-state index in [1.807, 2.05) is 4.90 Å². The molecule has 7 nitrogen and oxygen atoms in total. The molecular weight excluding hydrogens is 379 g/mol. The fourth-order valence-electron chi connectivity index (χ4n) is 2.89. The standard InChI is InChI=1S/C17H22Cl2N4O3/c1-9-12(18)13(19)14(21-9)15(24)22-10-4-6-23(7-5-10)16-20-8-11(26-16)17(2,3)25/h8,10,21,25H,4-7H2,1-3H3,(H,22,24). The zero-order chi connectivity index (χ0) is 19.1. The molecule has 3 rings (SSSR count). The van der Waals surface area contributed by atoms with Crippen molar-refractivity contribution >= 4 is 35.1 Å². The Bertz CT molecular complexity index is 802. The predicted octanol–water partition coefficient (Wildman–Crippen LogP) is 3.24. The first-order valence-corrected chi connectivity index (χ1v) is 9.20. The predicted molar refractivity (Wildman–Crippen MR) is 100.0 cm³/mol. The zero-order valence-electron chi connectivity index (χ0n) is 14.9. The number of nitrogens with one attached hydrogen (secondary N) is 2. The number of aryl methyl sites for hydroxylation is 1. The fourth-order valence-corrected chi connectivity index (χ4v) is 3.31. The van der Waals surface area contributed by atoms with Crippen LogP contribution in [0.5, 0.6) is 0 Å². The number of nitrogens with zero attached hydrogens (tertiary/aromatic N) is 2. The molecule has 0 aliphatic carbocycles. The molecule has 26 heavy (non-hydrogen) atoms. The van der Waals surface area contributed by atoms with E-state index >= 15 is 0 Å². The highest BCUT2D eigenvalue weighted by molar-refractivity contribution is 6.44. The van der Waals surface area contributed by atoms with E-state index in [1.165, 1.54) is 0 Å². The van der Waals surface area contributed by atoms with Gasteiger partial charge in [0, 0.05) is 24.8 Å². The number of aliphatic hydroxyl groups is 1. The quantitative estimate of drug-likeness (QED) is 0.731. The molecule has 0 aromatic carbocycles. The second-order valence-corrected chi connectivity index (χ2v) is 7.81. The SMILES string of the molecule is Cc1[nH]c(C(=O)NC2CCN(c3ncc(C(C)(C)O)o3)CC2)c(Cl)c1Cl. The maximum Gasteiger partial charge on any atom is 0.297 e. The van der Waals surface area contributed by atoms with Crippen molar-refractivity contribution < 1.29 is 14.3 Å². The highest BCUT2D eigenvalue weighted by Gasteiger charge is 2.27. The lowest BCUT2D eigenvalue weighted by Crippen LogP contribution is -2.45. The number of hydrogen-bond donors (Lipinski definition) is 3. The third-order valence-corrected chi connectivity index (χ3v) is 5.43. The van der Waals surface area contributed by atoms with E-state index in [0.29, 0.717) is 41.3 Å². The Balaban J connectivity index is 1.58. The summed E-state index contributed by atoms with van der Waals surface area (Å²) in [6.07, 6.45) is 3.04. The lowest BCUT2D eigenvalue weighted by atomic mass is 10.1. The summed E-state index contributed by atoms with van der Waals surface area (Å²) < 4.78 is 5.65. The number of H-pyrrole nitrogens is 1. The van der Waals surface area contributed by atoms with Crippen molar-refractivity contribution in [3.05, 3.63) is 33.4 Å². The first kappa shape index (κ1) is 19.1. The Morgan fingerprint density at radius 2 is 2.04 bits per heavy atom. The van der Waals surface area contributed by atoms with Gasteiger partial charge < -0.3 is 24.7 Å². The Labute approximate surface area is 161 Å². The van der Waals surface area contributed by atoms with Gasteiger partial charge in [-0.1, -0.05) is 23.2 Å². The second kappa shape index (κ2) is 7.13. The molecule has 1 aliphatic rings. The summed E-state index contributed by atoms with van der Waals surface area (Å²) >= 11 is 12.1. The van der Waals surface area contributed by atoms with Crippen LogP contribution in [0.2, 0.25) is 10.0 Å². The number of aromatic amines is 1. The van der Waals surface area contributed by atoms with Crippen LogP contribution in [0, 0.1) is 6.92 Å². The Morgan fingerprint density at radius 3 is 2.54 bits per heavy atom. The van der Waals surface area contributed by atoms with Crippen LogP contribution >= 0.6 is 23.2 Å². The van der Waals surface area contributed by atoms with Crippen LogP contribution in [0.1, 0.15) is 48.6 Å². The van der Waals surface area contributed by atoms with Gasteiger partial charge >= 0.3 is 0 Å². The summed E-state index contributed by atoms with van der Waals surface area (Å²) in [5, 5.41) is 13.6. The Kier molecular flexibility index (Phi) is 5.23. The summed E-state index contributed by atoms with van der Waals surface area (Å²) in [6, 6.07) is 0.516. The summed E-state index contributed by atoms with van der Waals surface area (Å²) in [5.74, 6) is 0.167. The first-order chi connectivity index (χ1) is 12.2. The second-order valence-electron chi connectivity index (χ2n) is 7.05. The highest BCUT2D eigenvalue weighted by Crippen LogP contribution is 2.29. The van der Waals surface area contributed by atoms with E-state index in [-0.39, 0.29) is 17.0 Å². The van der Waals surface area contributed by atoms with Gasteiger partial charge in [-0.15, -0.1) is 0 Å². The molecule has 1 fully saturated rings. The number of carbonyl (C=O) groups excluding carboxylic acids is 1. The molecule has 1 saturated heterocycles. The highest BCUT2D eigenvalue weighted by atomic mass is 35.5.